The number of hydrogen-bond donors (Lipinski definition) is 2. The number of Topliss-reactive ketones (excluding diaryl/α,β-unsaturated/α-hetero) is 1. The summed E-state index contributed by atoms with van der Waals surface area (Å²) in [6.07, 6.45) is 16.6. The molecule has 5 rings (SSSR count). The van der Waals surface area contributed by atoms with Crippen molar-refractivity contribution in [2.75, 3.05) is 6.54 Å². The summed E-state index contributed by atoms with van der Waals surface area (Å²) in [5.74, 6) is -0.178. The van der Waals surface area contributed by atoms with E-state index in [2.05, 4.69) is 41.1 Å². The number of rotatable bonds is 17. The zero-order valence-corrected chi connectivity index (χ0v) is 26.4. The predicted molar refractivity (Wildman–Crippen MR) is 179 cm³/mol. The van der Waals surface area contributed by atoms with E-state index in [-0.39, 0.29) is 17.3 Å². The molecule has 1 aliphatic rings. The lowest BCUT2D eigenvalue weighted by atomic mass is 9.76. The lowest BCUT2D eigenvalue weighted by molar-refractivity contribution is 0.0409. The Hall–Kier alpha value is -3.44. The molecule has 0 fully saturated rings. The zero-order chi connectivity index (χ0) is 30.8. The maximum absolute atomic E-state index is 14.7. The number of aromatic nitrogens is 1. The molecule has 0 amide bonds. The second-order valence-corrected chi connectivity index (χ2v) is 12.7. The highest BCUT2D eigenvalue weighted by molar-refractivity contribution is 6.04. The first-order valence-corrected chi connectivity index (χ1v) is 17.0. The van der Waals surface area contributed by atoms with Gasteiger partial charge in [0, 0.05) is 35.2 Å². The van der Waals surface area contributed by atoms with Gasteiger partial charge in [-0.1, -0.05) is 114 Å². The number of hydrogen-bond acceptors (Lipinski definition) is 3. The van der Waals surface area contributed by atoms with E-state index in [1.807, 2.05) is 12.1 Å². The summed E-state index contributed by atoms with van der Waals surface area (Å²) >= 11 is 0. The molecule has 1 unspecified atom stereocenters. The number of nitrogens with zero attached hydrogens (tertiary/aromatic N) is 1. The molecule has 1 atom stereocenters. The Bertz CT molecular complexity index is 1480. The van der Waals surface area contributed by atoms with Gasteiger partial charge in [0.2, 0.25) is 0 Å². The minimum atomic E-state index is -0.932. The first kappa shape index (κ1) is 32.0. The molecule has 0 saturated heterocycles. The van der Waals surface area contributed by atoms with Gasteiger partial charge in [-0.3, -0.25) is 9.69 Å². The number of H-pyrrole nitrogens is 1. The SMILES string of the molecule is CCCCCCCCCCCCCCC(C(=O)c1ccc(F)cc1)(c1ccc(O)cc1)N1CCc2c([nH]c3ccccc23)C1. The highest BCUT2D eigenvalue weighted by Crippen LogP contribution is 2.42. The topological polar surface area (TPSA) is 56.3 Å². The molecule has 4 aromatic rings. The van der Waals surface area contributed by atoms with Crippen LogP contribution in [0.4, 0.5) is 4.39 Å². The Balaban J connectivity index is 1.35. The Morgan fingerprint density at radius 2 is 1.43 bits per heavy atom. The van der Waals surface area contributed by atoms with Crippen molar-refractivity contribution in [1.29, 1.82) is 0 Å². The van der Waals surface area contributed by atoms with Crippen molar-refractivity contribution in [1.82, 2.24) is 9.88 Å². The number of halogens is 1. The van der Waals surface area contributed by atoms with Crippen LogP contribution in [0.15, 0.2) is 72.8 Å². The molecule has 1 aliphatic heterocycles. The third kappa shape index (κ3) is 7.43. The molecule has 1 aromatic heterocycles. The average molecular weight is 597 g/mol. The summed E-state index contributed by atoms with van der Waals surface area (Å²) in [7, 11) is 0. The minimum Gasteiger partial charge on any atom is -0.508 e. The lowest BCUT2D eigenvalue weighted by Gasteiger charge is -2.45. The van der Waals surface area contributed by atoms with Crippen molar-refractivity contribution < 1.29 is 14.3 Å². The normalized spacial score (nSPS) is 14.9. The molecule has 0 bridgehead atoms. The number of aromatic hydroxyl groups is 1. The number of unbranched alkanes of at least 4 members (excludes halogenated alkanes) is 11. The molecule has 4 nitrogen and oxygen atoms in total. The smallest absolute Gasteiger partial charge is 0.187 e. The molecule has 2 N–H and O–H groups in total. The van der Waals surface area contributed by atoms with Crippen LogP contribution in [-0.2, 0) is 18.5 Å². The molecule has 5 heteroatoms. The van der Waals surface area contributed by atoms with Gasteiger partial charge in [0.15, 0.2) is 5.78 Å². The van der Waals surface area contributed by atoms with E-state index in [4.69, 9.17) is 0 Å². The summed E-state index contributed by atoms with van der Waals surface area (Å²) in [6, 6.07) is 21.6. The number of fused-ring (bicyclic) bond motifs is 3. The van der Waals surface area contributed by atoms with E-state index < -0.39 is 5.54 Å². The van der Waals surface area contributed by atoms with Crippen molar-refractivity contribution in [3.05, 3.63) is 101 Å². The van der Waals surface area contributed by atoms with Gasteiger partial charge >= 0.3 is 0 Å². The third-order valence-electron chi connectivity index (χ3n) is 9.64. The second kappa shape index (κ2) is 15.5. The first-order chi connectivity index (χ1) is 21.5. The molecule has 0 saturated carbocycles. The van der Waals surface area contributed by atoms with E-state index >= 15 is 0 Å². The van der Waals surface area contributed by atoms with Gasteiger partial charge in [-0.15, -0.1) is 0 Å². The maximum atomic E-state index is 14.7. The van der Waals surface area contributed by atoms with Crippen LogP contribution in [0.1, 0.15) is 118 Å². The number of para-hydroxylation sites is 1. The molecule has 0 radical (unpaired) electrons. The fraction of sp³-hybridized carbons (Fsp3) is 0.462. The monoisotopic (exact) mass is 596 g/mol. The van der Waals surface area contributed by atoms with E-state index in [9.17, 15) is 14.3 Å². The molecule has 0 aliphatic carbocycles. The number of phenolic OH excluding ortho intramolecular Hbond substituents is 1. The fourth-order valence-electron chi connectivity index (χ4n) is 7.19. The summed E-state index contributed by atoms with van der Waals surface area (Å²) in [6.45, 7) is 3.62. The van der Waals surface area contributed by atoms with Gasteiger partial charge in [-0.05, 0) is 66.4 Å². The van der Waals surface area contributed by atoms with Crippen LogP contribution in [-0.4, -0.2) is 27.3 Å². The van der Waals surface area contributed by atoms with Crippen LogP contribution in [0.2, 0.25) is 0 Å². The maximum Gasteiger partial charge on any atom is 0.187 e. The Morgan fingerprint density at radius 3 is 2.09 bits per heavy atom. The summed E-state index contributed by atoms with van der Waals surface area (Å²) in [5, 5.41) is 11.4. The number of benzene rings is 3. The molecule has 234 valence electrons. The van der Waals surface area contributed by atoms with Crippen LogP contribution < -0.4 is 0 Å². The van der Waals surface area contributed by atoms with Crippen molar-refractivity contribution in [3.8, 4) is 5.75 Å². The molecule has 0 spiro atoms. The van der Waals surface area contributed by atoms with E-state index in [1.54, 1.807) is 24.3 Å². The quantitative estimate of drug-likeness (QED) is 0.0942. The number of nitrogens with one attached hydrogen (secondary N) is 1. The highest BCUT2D eigenvalue weighted by atomic mass is 19.1. The Labute approximate surface area is 262 Å². The Morgan fingerprint density at radius 1 is 0.818 bits per heavy atom. The predicted octanol–water partition coefficient (Wildman–Crippen LogP) is 10.2. The zero-order valence-electron chi connectivity index (χ0n) is 26.4. The van der Waals surface area contributed by atoms with Gasteiger partial charge in [-0.25, -0.2) is 4.39 Å². The van der Waals surface area contributed by atoms with Crippen molar-refractivity contribution >= 4 is 16.7 Å². The van der Waals surface area contributed by atoms with Crippen LogP contribution >= 0.6 is 0 Å². The largest absolute Gasteiger partial charge is 0.508 e. The van der Waals surface area contributed by atoms with Gasteiger partial charge < -0.3 is 10.1 Å². The summed E-state index contributed by atoms with van der Waals surface area (Å²) in [4.78, 5) is 20.7. The third-order valence-corrected chi connectivity index (χ3v) is 9.64. The fourth-order valence-corrected chi connectivity index (χ4v) is 7.19. The van der Waals surface area contributed by atoms with Crippen molar-refractivity contribution in [2.24, 2.45) is 0 Å². The van der Waals surface area contributed by atoms with Gasteiger partial charge in [0.05, 0.1) is 0 Å². The molecular weight excluding hydrogens is 547 g/mol. The van der Waals surface area contributed by atoms with Crippen LogP contribution in [0, 0.1) is 5.82 Å². The van der Waals surface area contributed by atoms with Crippen LogP contribution in [0.25, 0.3) is 10.9 Å². The average Bonchev–Trinajstić information content (AvgIpc) is 3.42. The number of aromatic amines is 1. The molecule has 44 heavy (non-hydrogen) atoms. The van der Waals surface area contributed by atoms with Crippen LogP contribution in [0.3, 0.4) is 0 Å². The molecular formula is C39H49FN2O2. The first-order valence-electron chi connectivity index (χ1n) is 17.0. The number of phenols is 1. The second-order valence-electron chi connectivity index (χ2n) is 12.7. The highest BCUT2D eigenvalue weighted by Gasteiger charge is 2.46. The van der Waals surface area contributed by atoms with Gasteiger partial charge in [0.1, 0.15) is 17.1 Å². The van der Waals surface area contributed by atoms with E-state index in [1.165, 1.54) is 87.3 Å². The number of carbonyl (C=O) groups is 1. The minimum absolute atomic E-state index is 0.00850. The van der Waals surface area contributed by atoms with Gasteiger partial charge in [-0.2, -0.15) is 0 Å². The standard InChI is InChI=1S/C39H49FN2O2/c1-2-3-4-5-6-7-8-9-10-11-12-15-27-39(31-20-24-33(43)25-21-31,38(44)30-18-22-32(40)23-19-30)42-28-26-35-34-16-13-14-17-36(34)41-37(35)29-42/h13-14,16-25,41,43H,2-12,15,26-29H2,1H3. The molecule has 3 aromatic carbocycles. The molecule has 2 heterocycles. The Kier molecular flexibility index (Phi) is 11.3. The van der Waals surface area contributed by atoms with Crippen LogP contribution in [0.5, 0.6) is 5.75 Å². The number of ketones is 1. The van der Waals surface area contributed by atoms with Gasteiger partial charge in [0.25, 0.3) is 0 Å². The van der Waals surface area contributed by atoms with Crippen molar-refractivity contribution in [3.63, 3.8) is 0 Å². The van der Waals surface area contributed by atoms with E-state index in [0.717, 1.165) is 42.6 Å². The summed E-state index contributed by atoms with van der Waals surface area (Å²) < 4.78 is 13.9. The lowest BCUT2D eigenvalue weighted by Crippen LogP contribution is -2.53. The summed E-state index contributed by atoms with van der Waals surface area (Å²) in [5.41, 5.74) is 4.07. The van der Waals surface area contributed by atoms with E-state index in [0.29, 0.717) is 18.5 Å². The van der Waals surface area contributed by atoms with Crippen molar-refractivity contribution in [2.45, 2.75) is 109 Å². The number of carbonyl (C=O) groups excluding carboxylic acids is 1.